The summed E-state index contributed by atoms with van der Waals surface area (Å²) in [4.78, 5) is 8.19. The van der Waals surface area contributed by atoms with E-state index >= 15 is 0 Å². The van der Waals surface area contributed by atoms with Gasteiger partial charge in [0.2, 0.25) is 0 Å². The SMILES string of the molecule is CC1=CC2SC(c3sc4c(Br)c(-c5sc6cc(C)sc6c5Br)sc4c3Br)=C(Br)C2S1. The fourth-order valence-corrected chi connectivity index (χ4v) is 16.4. The highest BCUT2D eigenvalue weighted by Crippen LogP contribution is 2.61. The summed E-state index contributed by atoms with van der Waals surface area (Å²) in [6.45, 7) is 4.39. The van der Waals surface area contributed by atoms with Gasteiger partial charge in [0.05, 0.1) is 47.4 Å². The zero-order valence-electron chi connectivity index (χ0n) is 15.3. The maximum Gasteiger partial charge on any atom is 0.0618 e. The summed E-state index contributed by atoms with van der Waals surface area (Å²) in [7, 11) is 0. The molecule has 2 aliphatic heterocycles. The lowest BCUT2D eigenvalue weighted by molar-refractivity contribution is 1.13. The average molecular weight is 762 g/mol. The minimum atomic E-state index is 0.523. The molecule has 0 radical (unpaired) electrons. The first-order chi connectivity index (χ1) is 14.3. The monoisotopic (exact) mass is 758 g/mol. The number of hydrogen-bond acceptors (Lipinski definition) is 6. The van der Waals surface area contributed by atoms with E-state index in [4.69, 9.17) is 0 Å². The maximum absolute atomic E-state index is 3.96. The van der Waals surface area contributed by atoms with Crippen molar-refractivity contribution in [1.82, 2.24) is 0 Å². The van der Waals surface area contributed by atoms with Crippen molar-refractivity contribution in [2.75, 3.05) is 0 Å². The first-order valence-corrected chi connectivity index (χ1v) is 17.0. The van der Waals surface area contributed by atoms with Gasteiger partial charge >= 0.3 is 0 Å². The molecular weight excluding hydrogens is 752 g/mol. The molecule has 6 heterocycles. The topological polar surface area (TPSA) is 0 Å². The molecule has 0 spiro atoms. The van der Waals surface area contributed by atoms with Crippen LogP contribution in [-0.4, -0.2) is 10.5 Å². The molecule has 2 aliphatic rings. The Morgan fingerprint density at radius 1 is 0.733 bits per heavy atom. The summed E-state index contributed by atoms with van der Waals surface area (Å²) in [5.74, 6) is 0. The number of thioether (sulfide) groups is 2. The van der Waals surface area contributed by atoms with Crippen molar-refractivity contribution in [3.05, 3.63) is 44.7 Å². The summed E-state index contributed by atoms with van der Waals surface area (Å²) in [6.07, 6.45) is 2.41. The van der Waals surface area contributed by atoms with Gasteiger partial charge in [-0.1, -0.05) is 22.0 Å². The summed E-state index contributed by atoms with van der Waals surface area (Å²) < 4.78 is 10.4. The maximum atomic E-state index is 3.96. The molecule has 154 valence electrons. The lowest BCUT2D eigenvalue weighted by atomic mass is 10.2. The van der Waals surface area contributed by atoms with E-state index in [0.29, 0.717) is 10.5 Å². The Morgan fingerprint density at radius 3 is 2.07 bits per heavy atom. The van der Waals surface area contributed by atoms with Crippen molar-refractivity contribution < 1.29 is 0 Å². The summed E-state index contributed by atoms with van der Waals surface area (Å²) in [5, 5.41) is 1.07. The molecule has 0 saturated carbocycles. The normalized spacial score (nSPS) is 21.5. The van der Waals surface area contributed by atoms with Crippen LogP contribution in [0.15, 0.2) is 34.9 Å². The van der Waals surface area contributed by atoms with Crippen molar-refractivity contribution in [3.8, 4) is 9.75 Å². The minimum absolute atomic E-state index is 0.523. The first-order valence-electron chi connectivity index (χ1n) is 8.84. The van der Waals surface area contributed by atoms with E-state index in [0.717, 1.165) is 0 Å². The van der Waals surface area contributed by atoms with Crippen LogP contribution in [0.25, 0.3) is 33.5 Å². The van der Waals surface area contributed by atoms with Crippen LogP contribution in [0.4, 0.5) is 0 Å². The predicted molar refractivity (Wildman–Crippen MR) is 159 cm³/mol. The number of rotatable bonds is 2. The second-order valence-corrected chi connectivity index (χ2v) is 17.2. The molecule has 4 aromatic heterocycles. The highest BCUT2D eigenvalue weighted by atomic mass is 79.9. The van der Waals surface area contributed by atoms with Crippen molar-refractivity contribution in [1.29, 1.82) is 0 Å². The number of fused-ring (bicyclic) bond motifs is 3. The zero-order valence-corrected chi connectivity index (χ0v) is 26.5. The van der Waals surface area contributed by atoms with Gasteiger partial charge in [0.25, 0.3) is 0 Å². The molecule has 0 saturated heterocycles. The number of hydrogen-bond donors (Lipinski definition) is 0. The second kappa shape index (κ2) is 7.99. The first kappa shape index (κ1) is 21.9. The van der Waals surface area contributed by atoms with E-state index in [1.54, 1.807) is 0 Å². The molecule has 2 atom stereocenters. The van der Waals surface area contributed by atoms with E-state index in [2.05, 4.69) is 89.7 Å². The van der Waals surface area contributed by atoms with Crippen molar-refractivity contribution in [2.24, 2.45) is 0 Å². The van der Waals surface area contributed by atoms with Gasteiger partial charge < -0.3 is 0 Å². The highest BCUT2D eigenvalue weighted by molar-refractivity contribution is 9.12. The largest absolute Gasteiger partial charge is 0.138 e. The molecule has 2 unspecified atom stereocenters. The lowest BCUT2D eigenvalue weighted by Gasteiger charge is -2.06. The van der Waals surface area contributed by atoms with E-state index in [-0.39, 0.29) is 0 Å². The van der Waals surface area contributed by atoms with Gasteiger partial charge in [-0.2, -0.15) is 0 Å². The van der Waals surface area contributed by atoms with Crippen LogP contribution in [0.2, 0.25) is 0 Å². The Balaban J connectivity index is 1.46. The van der Waals surface area contributed by atoms with Gasteiger partial charge in [-0.3, -0.25) is 0 Å². The quantitative estimate of drug-likeness (QED) is 0.200. The molecule has 0 bridgehead atoms. The number of aryl methyl sites for hydroxylation is 1. The number of thiophene rings is 4. The Bertz CT molecular complexity index is 1430. The third-order valence-electron chi connectivity index (χ3n) is 4.99. The molecule has 0 aliphatic carbocycles. The van der Waals surface area contributed by atoms with Gasteiger partial charge in [0.15, 0.2) is 0 Å². The van der Waals surface area contributed by atoms with Gasteiger partial charge in [-0.15, -0.1) is 68.9 Å². The lowest BCUT2D eigenvalue weighted by Crippen LogP contribution is -2.07. The van der Waals surface area contributed by atoms with E-state index in [9.17, 15) is 0 Å². The van der Waals surface area contributed by atoms with Crippen molar-refractivity contribution in [2.45, 2.75) is 24.3 Å². The van der Waals surface area contributed by atoms with Gasteiger partial charge in [0.1, 0.15) is 0 Å². The third kappa shape index (κ3) is 3.26. The van der Waals surface area contributed by atoms with Crippen LogP contribution in [0, 0.1) is 6.92 Å². The Labute approximate surface area is 232 Å². The molecule has 4 aromatic rings. The Kier molecular flexibility index (Phi) is 5.84. The van der Waals surface area contributed by atoms with E-state index in [1.807, 2.05) is 68.9 Å². The molecular formula is C20H10Br4S6. The Morgan fingerprint density at radius 2 is 1.37 bits per heavy atom. The van der Waals surface area contributed by atoms with Crippen molar-refractivity contribution in [3.63, 3.8) is 0 Å². The fourth-order valence-electron chi connectivity index (χ4n) is 3.70. The molecule has 0 aromatic carbocycles. The molecule has 0 nitrogen and oxygen atoms in total. The van der Waals surface area contributed by atoms with Gasteiger partial charge in [0, 0.05) is 24.2 Å². The van der Waals surface area contributed by atoms with Gasteiger partial charge in [-0.05, 0) is 72.6 Å². The zero-order chi connectivity index (χ0) is 20.9. The molecule has 0 amide bonds. The van der Waals surface area contributed by atoms with Crippen LogP contribution in [-0.2, 0) is 0 Å². The molecule has 6 rings (SSSR count). The summed E-state index contributed by atoms with van der Waals surface area (Å²) >= 11 is 27.2. The third-order valence-corrected chi connectivity index (χ3v) is 18.4. The number of allylic oxidation sites excluding steroid dienone is 1. The fraction of sp³-hybridized carbons (Fsp3) is 0.200. The predicted octanol–water partition coefficient (Wildman–Crippen LogP) is 11.7. The van der Waals surface area contributed by atoms with Crippen LogP contribution < -0.4 is 0 Å². The summed E-state index contributed by atoms with van der Waals surface area (Å²) in [6, 6.07) is 2.29. The van der Waals surface area contributed by atoms with Crippen LogP contribution in [0.1, 0.15) is 16.7 Å². The van der Waals surface area contributed by atoms with Crippen LogP contribution in [0.5, 0.6) is 0 Å². The Hall–Kier alpha value is 1.42. The minimum Gasteiger partial charge on any atom is -0.138 e. The van der Waals surface area contributed by atoms with Crippen LogP contribution >= 0.6 is 133 Å². The van der Waals surface area contributed by atoms with Gasteiger partial charge in [-0.25, -0.2) is 0 Å². The smallest absolute Gasteiger partial charge is 0.0618 e. The summed E-state index contributed by atoms with van der Waals surface area (Å²) in [5.41, 5.74) is 0. The van der Waals surface area contributed by atoms with Crippen LogP contribution in [0.3, 0.4) is 0 Å². The van der Waals surface area contributed by atoms with Crippen molar-refractivity contribution >= 4 is 156 Å². The van der Waals surface area contributed by atoms with E-state index < -0.39 is 0 Å². The number of halogens is 4. The standard InChI is InChI=1S/C20H10Br4S6/c1-5-3-7-13(25-5)9(21)15(27-7)17-11(23)19-20(29-17)12(24)18(30-19)16-10(22)14-8(28-16)4-6(2)26-14/h3-4,7,13H,1-2H3. The molecule has 10 heteroatoms. The molecule has 30 heavy (non-hydrogen) atoms. The average Bonchev–Trinajstić information content (AvgIpc) is 3.49. The molecule has 0 N–H and O–H groups in total. The molecule has 0 fully saturated rings. The second-order valence-electron chi connectivity index (χ2n) is 7.02. The highest BCUT2D eigenvalue weighted by Gasteiger charge is 2.39. The van der Waals surface area contributed by atoms with E-state index in [1.165, 1.54) is 66.0 Å².